The number of sulfonamides is 1. The number of benzene rings is 1. The molecule has 0 amide bonds. The molecule has 0 aliphatic heterocycles. The summed E-state index contributed by atoms with van der Waals surface area (Å²) in [5.74, 6) is -0.716. The molecule has 0 radical (unpaired) electrons. The van der Waals surface area contributed by atoms with Gasteiger partial charge in [-0.15, -0.1) is 0 Å². The minimum Gasteiger partial charge on any atom is -0.497 e. The maximum absolute atomic E-state index is 12.2. The molecule has 2 N–H and O–H groups in total. The Labute approximate surface area is 117 Å². The fraction of sp³-hybridized carbons (Fsp3) is 0.417. The first-order chi connectivity index (χ1) is 9.35. The van der Waals surface area contributed by atoms with Crippen molar-refractivity contribution in [1.82, 2.24) is 4.72 Å². The number of carbonyl (C=O) groups is 1. The molecule has 1 aromatic carbocycles. The number of rotatable bonds is 7. The molecule has 0 saturated carbocycles. The highest BCUT2D eigenvalue weighted by molar-refractivity contribution is 7.89. The van der Waals surface area contributed by atoms with Crippen LogP contribution in [0, 0.1) is 0 Å². The van der Waals surface area contributed by atoms with Gasteiger partial charge in [0.25, 0.3) is 0 Å². The monoisotopic (exact) mass is 303 g/mol. The van der Waals surface area contributed by atoms with Gasteiger partial charge in [0.1, 0.15) is 22.4 Å². The minimum atomic E-state index is -4.00. The van der Waals surface area contributed by atoms with Crippen LogP contribution < -0.4 is 14.2 Å². The standard InChI is InChI=1S/C12H17NO6S/c1-4-9(12(14)15)13-20(16,17)11-6-5-8(18-2)7-10(11)19-3/h5-7,9,13H,4H2,1-3H3,(H,14,15)/t9-/m0/s1. The molecule has 0 aromatic heterocycles. The molecule has 0 saturated heterocycles. The van der Waals surface area contributed by atoms with Crippen molar-refractivity contribution in [3.05, 3.63) is 18.2 Å². The third kappa shape index (κ3) is 3.61. The average molecular weight is 303 g/mol. The summed E-state index contributed by atoms with van der Waals surface area (Å²) >= 11 is 0. The fourth-order valence-electron chi connectivity index (χ4n) is 1.56. The lowest BCUT2D eigenvalue weighted by Crippen LogP contribution is -2.40. The van der Waals surface area contributed by atoms with Gasteiger partial charge in [0.05, 0.1) is 14.2 Å². The number of carboxylic acids is 1. The molecule has 8 heteroatoms. The number of ether oxygens (including phenoxy) is 2. The van der Waals surface area contributed by atoms with Crippen LogP contribution in [0.15, 0.2) is 23.1 Å². The predicted octanol–water partition coefficient (Wildman–Crippen LogP) is 0.845. The Morgan fingerprint density at radius 2 is 2.00 bits per heavy atom. The number of hydrogen-bond acceptors (Lipinski definition) is 5. The Bertz CT molecular complexity index is 584. The molecule has 0 fully saturated rings. The second kappa shape index (κ2) is 6.58. The predicted molar refractivity (Wildman–Crippen MR) is 71.6 cm³/mol. The first-order valence-electron chi connectivity index (χ1n) is 5.82. The van der Waals surface area contributed by atoms with Crippen molar-refractivity contribution < 1.29 is 27.8 Å². The Kier molecular flexibility index (Phi) is 5.34. The van der Waals surface area contributed by atoms with Crippen molar-refractivity contribution in [2.45, 2.75) is 24.3 Å². The highest BCUT2D eigenvalue weighted by Gasteiger charge is 2.26. The molecule has 1 atom stereocenters. The molecule has 7 nitrogen and oxygen atoms in total. The zero-order valence-corrected chi connectivity index (χ0v) is 12.2. The van der Waals surface area contributed by atoms with E-state index < -0.39 is 22.0 Å². The van der Waals surface area contributed by atoms with E-state index >= 15 is 0 Å². The molecular formula is C12H17NO6S. The molecule has 0 aliphatic rings. The average Bonchev–Trinajstić information content (AvgIpc) is 2.43. The molecular weight excluding hydrogens is 286 g/mol. The second-order valence-electron chi connectivity index (χ2n) is 3.94. The molecule has 0 aliphatic carbocycles. The van der Waals surface area contributed by atoms with E-state index in [9.17, 15) is 13.2 Å². The number of hydrogen-bond donors (Lipinski definition) is 2. The van der Waals surface area contributed by atoms with E-state index in [0.717, 1.165) is 0 Å². The summed E-state index contributed by atoms with van der Waals surface area (Å²) in [6, 6.07) is 2.98. The summed E-state index contributed by atoms with van der Waals surface area (Å²) < 4.78 is 36.5. The summed E-state index contributed by atoms with van der Waals surface area (Å²) in [6.07, 6.45) is 0.132. The Morgan fingerprint density at radius 3 is 2.45 bits per heavy atom. The summed E-state index contributed by atoms with van der Waals surface area (Å²) in [7, 11) is -1.23. The van der Waals surface area contributed by atoms with Gasteiger partial charge >= 0.3 is 5.97 Å². The zero-order valence-electron chi connectivity index (χ0n) is 11.4. The van der Waals surface area contributed by atoms with Crippen LogP contribution in [0.1, 0.15) is 13.3 Å². The SMILES string of the molecule is CC[C@H](NS(=O)(=O)c1ccc(OC)cc1OC)C(=O)O. The van der Waals surface area contributed by atoms with Gasteiger partial charge in [-0.2, -0.15) is 4.72 Å². The van der Waals surface area contributed by atoms with Crippen molar-refractivity contribution in [2.24, 2.45) is 0 Å². The van der Waals surface area contributed by atoms with E-state index in [1.807, 2.05) is 0 Å². The van der Waals surface area contributed by atoms with Gasteiger partial charge in [-0.1, -0.05) is 6.92 Å². The van der Waals surface area contributed by atoms with E-state index in [-0.39, 0.29) is 17.1 Å². The zero-order chi connectivity index (χ0) is 15.3. The number of carboxylic acid groups (broad SMARTS) is 1. The van der Waals surface area contributed by atoms with Crippen LogP contribution in [0.4, 0.5) is 0 Å². The third-order valence-electron chi connectivity index (χ3n) is 2.66. The van der Waals surface area contributed by atoms with E-state index in [4.69, 9.17) is 14.6 Å². The van der Waals surface area contributed by atoms with Crippen LogP contribution in [0.5, 0.6) is 11.5 Å². The fourth-order valence-corrected chi connectivity index (χ4v) is 2.98. The van der Waals surface area contributed by atoms with E-state index in [1.54, 1.807) is 6.92 Å². The van der Waals surface area contributed by atoms with Crippen LogP contribution in [0.3, 0.4) is 0 Å². The van der Waals surface area contributed by atoms with Gasteiger partial charge in [-0.05, 0) is 18.6 Å². The van der Waals surface area contributed by atoms with E-state index in [2.05, 4.69) is 4.72 Å². The van der Waals surface area contributed by atoms with Gasteiger partial charge in [0.2, 0.25) is 10.0 Å². The largest absolute Gasteiger partial charge is 0.497 e. The number of aliphatic carboxylic acids is 1. The van der Waals surface area contributed by atoms with Crippen molar-refractivity contribution in [3.8, 4) is 11.5 Å². The quantitative estimate of drug-likeness (QED) is 0.774. The Balaban J connectivity index is 3.18. The topological polar surface area (TPSA) is 102 Å². The van der Waals surface area contributed by atoms with Crippen molar-refractivity contribution >= 4 is 16.0 Å². The molecule has 0 heterocycles. The highest BCUT2D eigenvalue weighted by atomic mass is 32.2. The summed E-state index contributed by atoms with van der Waals surface area (Å²) in [5.41, 5.74) is 0. The van der Waals surface area contributed by atoms with Gasteiger partial charge in [-0.25, -0.2) is 8.42 Å². The Morgan fingerprint density at radius 1 is 1.35 bits per heavy atom. The van der Waals surface area contributed by atoms with E-state index in [0.29, 0.717) is 5.75 Å². The van der Waals surface area contributed by atoms with Gasteiger partial charge in [0.15, 0.2) is 0 Å². The molecule has 20 heavy (non-hydrogen) atoms. The molecule has 1 rings (SSSR count). The first-order valence-corrected chi connectivity index (χ1v) is 7.31. The van der Waals surface area contributed by atoms with Crippen LogP contribution in [-0.2, 0) is 14.8 Å². The van der Waals surface area contributed by atoms with Crippen LogP contribution >= 0.6 is 0 Å². The smallest absolute Gasteiger partial charge is 0.321 e. The van der Waals surface area contributed by atoms with Crippen molar-refractivity contribution in [3.63, 3.8) is 0 Å². The minimum absolute atomic E-state index is 0.0806. The van der Waals surface area contributed by atoms with Crippen LogP contribution in [-0.4, -0.2) is 39.8 Å². The lowest BCUT2D eigenvalue weighted by molar-refractivity contribution is -0.139. The first kappa shape index (κ1) is 16.3. The molecule has 0 spiro atoms. The van der Waals surface area contributed by atoms with E-state index in [1.165, 1.54) is 32.4 Å². The lowest BCUT2D eigenvalue weighted by atomic mass is 10.2. The number of nitrogens with one attached hydrogen (secondary N) is 1. The molecule has 112 valence electrons. The van der Waals surface area contributed by atoms with Gasteiger partial charge < -0.3 is 14.6 Å². The third-order valence-corrected chi connectivity index (χ3v) is 4.18. The van der Waals surface area contributed by atoms with Crippen molar-refractivity contribution in [1.29, 1.82) is 0 Å². The maximum Gasteiger partial charge on any atom is 0.321 e. The van der Waals surface area contributed by atoms with Gasteiger partial charge in [-0.3, -0.25) is 4.79 Å². The molecule has 0 unspecified atom stereocenters. The summed E-state index contributed by atoms with van der Waals surface area (Å²) in [5, 5.41) is 8.91. The Hall–Kier alpha value is -1.80. The normalized spacial score (nSPS) is 12.8. The van der Waals surface area contributed by atoms with Crippen LogP contribution in [0.2, 0.25) is 0 Å². The van der Waals surface area contributed by atoms with Gasteiger partial charge in [0, 0.05) is 6.07 Å². The molecule has 1 aromatic rings. The highest BCUT2D eigenvalue weighted by Crippen LogP contribution is 2.28. The summed E-state index contributed by atoms with van der Waals surface area (Å²) in [4.78, 5) is 10.8. The maximum atomic E-state index is 12.2. The molecule has 0 bridgehead atoms. The second-order valence-corrected chi connectivity index (χ2v) is 5.62. The van der Waals surface area contributed by atoms with Crippen molar-refractivity contribution in [2.75, 3.05) is 14.2 Å². The lowest BCUT2D eigenvalue weighted by Gasteiger charge is -2.15. The number of methoxy groups -OCH3 is 2. The summed E-state index contributed by atoms with van der Waals surface area (Å²) in [6.45, 7) is 1.58. The van der Waals surface area contributed by atoms with Crippen LogP contribution in [0.25, 0.3) is 0 Å².